The Kier molecular flexibility index (Phi) is 4.98. The second kappa shape index (κ2) is 7.88. The molecular weight excluding hydrogens is 358 g/mol. The maximum absolute atomic E-state index is 12.5. The zero-order valence-corrected chi connectivity index (χ0v) is 15.2. The summed E-state index contributed by atoms with van der Waals surface area (Å²) in [6, 6.07) is 18.8. The van der Waals surface area contributed by atoms with Crippen LogP contribution in [0.3, 0.4) is 0 Å². The topological polar surface area (TPSA) is 56.2 Å². The number of aromatic nitrogens is 2. The molecule has 0 unspecified atom stereocenters. The van der Waals surface area contributed by atoms with E-state index >= 15 is 0 Å². The van der Waals surface area contributed by atoms with Gasteiger partial charge in [-0.15, -0.1) is 11.3 Å². The van der Waals surface area contributed by atoms with Crippen LogP contribution in [0.4, 0.5) is 5.69 Å². The number of amides is 1. The molecule has 0 fully saturated rings. The summed E-state index contributed by atoms with van der Waals surface area (Å²) in [5.74, 6) is 0.499. The minimum atomic E-state index is -0.174. The van der Waals surface area contributed by atoms with E-state index in [4.69, 9.17) is 4.74 Å². The van der Waals surface area contributed by atoms with Crippen LogP contribution < -0.4 is 10.1 Å². The Morgan fingerprint density at radius 3 is 2.74 bits per heavy atom. The van der Waals surface area contributed by atoms with Gasteiger partial charge in [-0.1, -0.05) is 12.1 Å². The van der Waals surface area contributed by atoms with Gasteiger partial charge in [0.1, 0.15) is 12.4 Å². The summed E-state index contributed by atoms with van der Waals surface area (Å²) < 4.78 is 7.67. The van der Waals surface area contributed by atoms with Crippen LogP contribution in [0.25, 0.3) is 5.69 Å². The van der Waals surface area contributed by atoms with Gasteiger partial charge >= 0.3 is 0 Å². The molecule has 1 amide bonds. The van der Waals surface area contributed by atoms with Gasteiger partial charge < -0.3 is 14.6 Å². The zero-order chi connectivity index (χ0) is 18.5. The molecule has 27 heavy (non-hydrogen) atoms. The smallest absolute Gasteiger partial charge is 0.255 e. The highest BCUT2D eigenvalue weighted by molar-refractivity contribution is 7.09. The van der Waals surface area contributed by atoms with Crippen molar-refractivity contribution in [2.24, 2.45) is 0 Å². The highest BCUT2D eigenvalue weighted by atomic mass is 32.1. The Morgan fingerprint density at radius 1 is 1.11 bits per heavy atom. The third-order valence-corrected chi connectivity index (χ3v) is 4.84. The number of nitrogens with one attached hydrogen (secondary N) is 1. The molecule has 0 aliphatic heterocycles. The Labute approximate surface area is 160 Å². The largest absolute Gasteiger partial charge is 0.488 e. The molecule has 4 aromatic rings. The minimum absolute atomic E-state index is 0.174. The lowest BCUT2D eigenvalue weighted by atomic mass is 10.2. The lowest BCUT2D eigenvalue weighted by Gasteiger charge is -2.09. The van der Waals surface area contributed by atoms with E-state index < -0.39 is 0 Å². The summed E-state index contributed by atoms with van der Waals surface area (Å²) >= 11 is 1.64. The molecule has 2 heterocycles. The van der Waals surface area contributed by atoms with Crippen LogP contribution in [0, 0.1) is 0 Å². The van der Waals surface area contributed by atoms with E-state index in [1.807, 2.05) is 64.7 Å². The van der Waals surface area contributed by atoms with Crippen LogP contribution in [0.1, 0.15) is 15.2 Å². The Balaban J connectivity index is 1.41. The second-order valence-electron chi connectivity index (χ2n) is 5.87. The van der Waals surface area contributed by atoms with E-state index in [9.17, 15) is 4.79 Å². The van der Waals surface area contributed by atoms with Gasteiger partial charge in [0, 0.05) is 34.2 Å². The lowest BCUT2D eigenvalue weighted by molar-refractivity contribution is 0.102. The molecule has 0 spiro atoms. The molecule has 1 N–H and O–H groups in total. The molecule has 4 rings (SSSR count). The fourth-order valence-corrected chi connectivity index (χ4v) is 3.22. The average Bonchev–Trinajstić information content (AvgIpc) is 3.41. The molecule has 0 aliphatic rings. The van der Waals surface area contributed by atoms with Crippen LogP contribution >= 0.6 is 11.3 Å². The van der Waals surface area contributed by atoms with Gasteiger partial charge in [-0.25, -0.2) is 4.98 Å². The zero-order valence-electron chi connectivity index (χ0n) is 14.4. The van der Waals surface area contributed by atoms with Crippen molar-refractivity contribution in [3.63, 3.8) is 0 Å². The summed E-state index contributed by atoms with van der Waals surface area (Å²) in [7, 11) is 0. The molecule has 2 aromatic carbocycles. The monoisotopic (exact) mass is 375 g/mol. The molecule has 2 aromatic heterocycles. The molecule has 5 nitrogen and oxygen atoms in total. The number of anilines is 1. The van der Waals surface area contributed by atoms with Crippen molar-refractivity contribution >= 4 is 22.9 Å². The summed E-state index contributed by atoms with van der Waals surface area (Å²) in [5.41, 5.74) is 2.26. The number of ether oxygens (including phenoxy) is 1. The van der Waals surface area contributed by atoms with E-state index in [0.717, 1.165) is 16.3 Å². The number of carbonyl (C=O) groups excluding carboxylic acids is 1. The Bertz CT molecular complexity index is 1010. The number of thiophene rings is 1. The normalized spacial score (nSPS) is 10.5. The Hall–Kier alpha value is -3.38. The van der Waals surface area contributed by atoms with Crippen molar-refractivity contribution in [1.29, 1.82) is 0 Å². The van der Waals surface area contributed by atoms with Crippen LogP contribution in [0.5, 0.6) is 5.75 Å². The van der Waals surface area contributed by atoms with E-state index in [1.165, 1.54) is 0 Å². The molecule has 0 saturated carbocycles. The summed E-state index contributed by atoms with van der Waals surface area (Å²) in [6.45, 7) is 0.498. The summed E-state index contributed by atoms with van der Waals surface area (Å²) in [6.07, 6.45) is 5.33. The number of rotatable bonds is 6. The number of hydrogen-bond acceptors (Lipinski definition) is 4. The predicted octanol–water partition coefficient (Wildman–Crippen LogP) is 4.77. The molecule has 0 aliphatic carbocycles. The molecule has 0 saturated heterocycles. The van der Waals surface area contributed by atoms with Crippen molar-refractivity contribution in [2.45, 2.75) is 6.61 Å². The molecule has 0 atom stereocenters. The van der Waals surface area contributed by atoms with Crippen LogP contribution in [-0.4, -0.2) is 15.5 Å². The van der Waals surface area contributed by atoms with Gasteiger partial charge in [-0.2, -0.15) is 0 Å². The molecule has 134 valence electrons. The van der Waals surface area contributed by atoms with Gasteiger partial charge in [0.05, 0.1) is 6.33 Å². The summed E-state index contributed by atoms with van der Waals surface area (Å²) in [4.78, 5) is 17.7. The lowest BCUT2D eigenvalue weighted by Crippen LogP contribution is -2.12. The van der Waals surface area contributed by atoms with Gasteiger partial charge in [0.25, 0.3) is 5.91 Å². The molecule has 0 radical (unpaired) electrons. The maximum atomic E-state index is 12.5. The van der Waals surface area contributed by atoms with Crippen molar-refractivity contribution in [3.8, 4) is 11.4 Å². The first kappa shape index (κ1) is 17.1. The van der Waals surface area contributed by atoms with Crippen LogP contribution in [0.2, 0.25) is 0 Å². The number of imidazole rings is 1. The van der Waals surface area contributed by atoms with Gasteiger partial charge in [0.15, 0.2) is 0 Å². The molecular formula is C21H17N3O2S. The first-order valence-corrected chi connectivity index (χ1v) is 9.31. The van der Waals surface area contributed by atoms with Crippen molar-refractivity contribution in [3.05, 3.63) is 95.2 Å². The van der Waals surface area contributed by atoms with Crippen molar-refractivity contribution < 1.29 is 9.53 Å². The van der Waals surface area contributed by atoms with E-state index in [-0.39, 0.29) is 5.91 Å². The number of hydrogen-bond donors (Lipinski definition) is 1. The SMILES string of the molecule is O=C(Nc1ccc(-n2ccnc2)cc1)c1cccc(OCc2cccs2)c1. The highest BCUT2D eigenvalue weighted by Crippen LogP contribution is 2.19. The van der Waals surface area contributed by atoms with Gasteiger partial charge in [-0.05, 0) is 53.9 Å². The minimum Gasteiger partial charge on any atom is -0.488 e. The number of nitrogens with zero attached hydrogens (tertiary/aromatic N) is 2. The molecule has 0 bridgehead atoms. The maximum Gasteiger partial charge on any atom is 0.255 e. The quantitative estimate of drug-likeness (QED) is 0.528. The van der Waals surface area contributed by atoms with Crippen molar-refractivity contribution in [1.82, 2.24) is 9.55 Å². The first-order valence-electron chi connectivity index (χ1n) is 8.43. The van der Waals surface area contributed by atoms with Crippen molar-refractivity contribution in [2.75, 3.05) is 5.32 Å². The average molecular weight is 375 g/mol. The third kappa shape index (κ3) is 4.24. The summed E-state index contributed by atoms with van der Waals surface area (Å²) in [5, 5.41) is 4.92. The highest BCUT2D eigenvalue weighted by Gasteiger charge is 2.08. The van der Waals surface area contributed by atoms with Crippen LogP contribution in [-0.2, 0) is 6.61 Å². The standard InChI is InChI=1S/C21H17N3O2S/c25-21(23-17-6-8-18(9-7-17)24-11-10-22-15-24)16-3-1-4-19(13-16)26-14-20-5-2-12-27-20/h1-13,15H,14H2,(H,23,25). The second-order valence-corrected chi connectivity index (χ2v) is 6.90. The fraction of sp³-hybridized carbons (Fsp3) is 0.0476. The van der Waals surface area contributed by atoms with E-state index in [2.05, 4.69) is 10.3 Å². The first-order chi connectivity index (χ1) is 13.3. The number of benzene rings is 2. The fourth-order valence-electron chi connectivity index (χ4n) is 2.61. The number of carbonyl (C=O) groups is 1. The molecule has 6 heteroatoms. The van der Waals surface area contributed by atoms with E-state index in [1.54, 1.807) is 36.0 Å². The third-order valence-electron chi connectivity index (χ3n) is 3.99. The van der Waals surface area contributed by atoms with E-state index in [0.29, 0.717) is 17.9 Å². The Morgan fingerprint density at radius 2 is 2.00 bits per heavy atom. The van der Waals surface area contributed by atoms with Gasteiger partial charge in [0.2, 0.25) is 0 Å². The van der Waals surface area contributed by atoms with Crippen LogP contribution in [0.15, 0.2) is 84.8 Å². The predicted molar refractivity (Wildman–Crippen MR) is 107 cm³/mol. The van der Waals surface area contributed by atoms with Gasteiger partial charge in [-0.3, -0.25) is 4.79 Å².